The Bertz CT molecular complexity index is 1270. The number of aromatic nitrogens is 3. The molecule has 2 aromatic heterocycles. The minimum Gasteiger partial charge on any atom is -1.00 e. The van der Waals surface area contributed by atoms with Crippen LogP contribution in [0, 0.1) is 13.8 Å². The summed E-state index contributed by atoms with van der Waals surface area (Å²) in [6, 6.07) is 15.0. The van der Waals surface area contributed by atoms with Gasteiger partial charge in [0.15, 0.2) is 0 Å². The van der Waals surface area contributed by atoms with Crippen molar-refractivity contribution in [2.75, 3.05) is 39.5 Å². The Labute approximate surface area is 225 Å². The van der Waals surface area contributed by atoms with Gasteiger partial charge in [-0.2, -0.15) is 0 Å². The van der Waals surface area contributed by atoms with E-state index in [1.54, 1.807) is 0 Å². The zero-order chi connectivity index (χ0) is 24.9. The molecule has 1 saturated heterocycles. The van der Waals surface area contributed by atoms with Crippen LogP contribution in [-0.4, -0.2) is 59.1 Å². The van der Waals surface area contributed by atoms with E-state index in [4.69, 9.17) is 19.0 Å². The van der Waals surface area contributed by atoms with E-state index in [1.165, 1.54) is 11.1 Å². The lowest BCUT2D eigenvalue weighted by Gasteiger charge is -2.27. The Morgan fingerprint density at radius 2 is 1.76 bits per heavy atom. The van der Waals surface area contributed by atoms with Crippen LogP contribution in [0.15, 0.2) is 47.0 Å². The van der Waals surface area contributed by atoms with E-state index in [0.29, 0.717) is 0 Å². The molecule has 2 aromatic carbocycles. The average Bonchev–Trinajstić information content (AvgIpc) is 3.43. The summed E-state index contributed by atoms with van der Waals surface area (Å²) < 4.78 is 19.1. The zero-order valence-electron chi connectivity index (χ0n) is 22.0. The van der Waals surface area contributed by atoms with Gasteiger partial charge >= 0.3 is 0 Å². The van der Waals surface area contributed by atoms with Gasteiger partial charge in [-0.15, -0.1) is 0 Å². The van der Waals surface area contributed by atoms with Crippen LogP contribution in [0.3, 0.4) is 0 Å². The molecule has 1 aliphatic rings. The van der Waals surface area contributed by atoms with Gasteiger partial charge in [0.2, 0.25) is 0 Å². The van der Waals surface area contributed by atoms with Crippen molar-refractivity contribution in [3.05, 3.63) is 65.3 Å². The van der Waals surface area contributed by atoms with Crippen molar-refractivity contribution < 1.29 is 26.4 Å². The molecule has 0 bridgehead atoms. The lowest BCUT2D eigenvalue weighted by atomic mass is 10.0. The number of rotatable bonds is 10. The molecule has 8 heteroatoms. The van der Waals surface area contributed by atoms with E-state index in [1.807, 2.05) is 13.8 Å². The van der Waals surface area contributed by atoms with E-state index >= 15 is 0 Å². The van der Waals surface area contributed by atoms with Gasteiger partial charge in [-0.05, 0) is 62.1 Å². The van der Waals surface area contributed by atoms with Gasteiger partial charge in [-0.25, -0.2) is 4.98 Å². The van der Waals surface area contributed by atoms with Crippen LogP contribution in [0.2, 0.25) is 0 Å². The lowest BCUT2D eigenvalue weighted by molar-refractivity contribution is -0.0000101. The number of benzene rings is 2. The largest absolute Gasteiger partial charge is 1.00 e. The summed E-state index contributed by atoms with van der Waals surface area (Å²) in [5, 5.41) is 4.14. The smallest absolute Gasteiger partial charge is 0.141 e. The van der Waals surface area contributed by atoms with Crippen molar-refractivity contribution in [3.63, 3.8) is 0 Å². The molecular weight excluding hydrogens is 488 g/mol. The second-order valence-corrected chi connectivity index (χ2v) is 9.53. The van der Waals surface area contributed by atoms with E-state index in [0.717, 1.165) is 105 Å². The molecule has 0 atom stereocenters. The standard InChI is InChI=1S/C29H36N4O3.ClH/c1-4-17-35-25-9-5-23(6-10-25)7-12-28-30-26-20-24(29-21(2)31-36-22(29)3)8-11-27(26)33(28)14-13-32-15-18-34-19-16-32;/h5-6,8-11,20H,4,7,12-19H2,1-3H3;1H/p-1. The monoisotopic (exact) mass is 523 g/mol. The Morgan fingerprint density at radius 3 is 2.46 bits per heavy atom. The molecule has 1 aliphatic heterocycles. The van der Waals surface area contributed by atoms with Gasteiger partial charge in [0, 0.05) is 38.2 Å². The molecular formula is C29H36ClN4O3-. The van der Waals surface area contributed by atoms with Crippen LogP contribution in [0.25, 0.3) is 22.2 Å². The second-order valence-electron chi connectivity index (χ2n) is 9.53. The van der Waals surface area contributed by atoms with E-state index < -0.39 is 0 Å². The molecule has 0 amide bonds. The third-order valence-corrected chi connectivity index (χ3v) is 6.93. The summed E-state index contributed by atoms with van der Waals surface area (Å²) >= 11 is 0. The maximum absolute atomic E-state index is 5.74. The number of hydrogen-bond donors (Lipinski definition) is 0. The SMILES string of the molecule is CCCOc1ccc(CCc2nc3cc(-c4c(C)noc4C)ccc3n2CCN2CCOCC2)cc1.[Cl-]. The molecule has 37 heavy (non-hydrogen) atoms. The summed E-state index contributed by atoms with van der Waals surface area (Å²) in [5.74, 6) is 2.90. The second kappa shape index (κ2) is 12.6. The van der Waals surface area contributed by atoms with Crippen LogP contribution < -0.4 is 17.1 Å². The summed E-state index contributed by atoms with van der Waals surface area (Å²) in [7, 11) is 0. The van der Waals surface area contributed by atoms with Gasteiger partial charge in [-0.3, -0.25) is 4.90 Å². The van der Waals surface area contributed by atoms with Crippen molar-refractivity contribution in [1.82, 2.24) is 19.6 Å². The van der Waals surface area contributed by atoms with Gasteiger partial charge in [-0.1, -0.05) is 30.3 Å². The predicted octanol–water partition coefficient (Wildman–Crippen LogP) is 2.22. The topological polar surface area (TPSA) is 65.6 Å². The normalized spacial score (nSPS) is 14.1. The van der Waals surface area contributed by atoms with Gasteiger partial charge < -0.3 is 31.0 Å². The molecule has 4 aromatic rings. The molecule has 0 aliphatic carbocycles. The number of hydrogen-bond acceptors (Lipinski definition) is 6. The molecule has 7 nitrogen and oxygen atoms in total. The first-order valence-electron chi connectivity index (χ1n) is 13.1. The zero-order valence-corrected chi connectivity index (χ0v) is 22.8. The number of ether oxygens (including phenoxy) is 2. The number of aryl methyl sites for hydroxylation is 4. The first-order chi connectivity index (χ1) is 17.6. The van der Waals surface area contributed by atoms with Crippen molar-refractivity contribution in [1.29, 1.82) is 0 Å². The van der Waals surface area contributed by atoms with Crippen LogP contribution in [0.5, 0.6) is 5.75 Å². The van der Waals surface area contributed by atoms with Crippen molar-refractivity contribution >= 4 is 11.0 Å². The highest BCUT2D eigenvalue weighted by molar-refractivity contribution is 5.83. The highest BCUT2D eigenvalue weighted by Crippen LogP contribution is 2.30. The fourth-order valence-corrected chi connectivity index (χ4v) is 4.97. The predicted molar refractivity (Wildman–Crippen MR) is 142 cm³/mol. The lowest BCUT2D eigenvalue weighted by Crippen LogP contribution is -3.00. The molecule has 3 heterocycles. The number of imidazole rings is 1. The molecule has 0 N–H and O–H groups in total. The molecule has 0 unspecified atom stereocenters. The Hall–Kier alpha value is -2.87. The fraction of sp³-hybridized carbons (Fsp3) is 0.448. The van der Waals surface area contributed by atoms with E-state index in [2.05, 4.69) is 64.0 Å². The van der Waals surface area contributed by atoms with Gasteiger partial charge in [0.05, 0.1) is 36.5 Å². The number of fused-ring (bicyclic) bond motifs is 1. The molecule has 0 saturated carbocycles. The van der Waals surface area contributed by atoms with Gasteiger partial charge in [0.1, 0.15) is 17.3 Å². The Balaban J connectivity index is 0.00000320. The quantitative estimate of drug-likeness (QED) is 0.317. The average molecular weight is 524 g/mol. The molecule has 0 spiro atoms. The van der Waals surface area contributed by atoms with E-state index in [-0.39, 0.29) is 12.4 Å². The molecule has 198 valence electrons. The number of morpholine rings is 1. The van der Waals surface area contributed by atoms with Crippen LogP contribution in [0.4, 0.5) is 0 Å². The third kappa shape index (κ3) is 6.35. The fourth-order valence-electron chi connectivity index (χ4n) is 4.97. The van der Waals surface area contributed by atoms with Crippen LogP contribution in [0.1, 0.15) is 36.2 Å². The Morgan fingerprint density at radius 1 is 0.973 bits per heavy atom. The summed E-state index contributed by atoms with van der Waals surface area (Å²) in [6.07, 6.45) is 2.83. The van der Waals surface area contributed by atoms with Crippen LogP contribution >= 0.6 is 0 Å². The van der Waals surface area contributed by atoms with Crippen molar-refractivity contribution in [2.45, 2.75) is 46.6 Å². The summed E-state index contributed by atoms with van der Waals surface area (Å²) in [4.78, 5) is 7.60. The summed E-state index contributed by atoms with van der Waals surface area (Å²) in [5.41, 5.74) is 6.56. The minimum atomic E-state index is 0. The van der Waals surface area contributed by atoms with Crippen LogP contribution in [-0.2, 0) is 24.1 Å². The Kier molecular flexibility index (Phi) is 9.24. The molecule has 0 radical (unpaired) electrons. The highest BCUT2D eigenvalue weighted by atomic mass is 35.5. The first kappa shape index (κ1) is 27.2. The van der Waals surface area contributed by atoms with E-state index in [9.17, 15) is 0 Å². The maximum Gasteiger partial charge on any atom is 0.141 e. The third-order valence-electron chi connectivity index (χ3n) is 6.93. The summed E-state index contributed by atoms with van der Waals surface area (Å²) in [6.45, 7) is 12.4. The minimum absolute atomic E-state index is 0. The van der Waals surface area contributed by atoms with Crippen molar-refractivity contribution in [3.8, 4) is 16.9 Å². The molecule has 1 fully saturated rings. The molecule has 5 rings (SSSR count). The van der Waals surface area contributed by atoms with Crippen molar-refractivity contribution in [2.24, 2.45) is 0 Å². The highest BCUT2D eigenvalue weighted by Gasteiger charge is 2.17. The van der Waals surface area contributed by atoms with Gasteiger partial charge in [0.25, 0.3) is 0 Å². The number of nitrogens with zero attached hydrogens (tertiary/aromatic N) is 4. The first-order valence-corrected chi connectivity index (χ1v) is 13.1. The maximum atomic E-state index is 5.74. The number of halogens is 1.